The fourth-order valence-corrected chi connectivity index (χ4v) is 7.93. The fourth-order valence-electron chi connectivity index (χ4n) is 7.93. The maximum atomic E-state index is 14.1. The predicted molar refractivity (Wildman–Crippen MR) is 165 cm³/mol. The summed E-state index contributed by atoms with van der Waals surface area (Å²) in [5.74, 6) is -6.86. The van der Waals surface area contributed by atoms with Gasteiger partial charge in [-0.15, -0.1) is 0 Å². The molecule has 0 amide bonds. The molecule has 5 atom stereocenters. The van der Waals surface area contributed by atoms with Crippen molar-refractivity contribution in [2.24, 2.45) is 5.41 Å². The number of Topliss-reactive ketones (excluding diaryl/α,β-unsaturated/α-hetero) is 1. The van der Waals surface area contributed by atoms with Crippen LogP contribution >= 0.6 is 0 Å². The average Bonchev–Trinajstić information content (AvgIpc) is 3.45. The minimum atomic E-state index is -2.47. The molecule has 0 bridgehead atoms. The third-order valence-electron chi connectivity index (χ3n) is 9.66. The Kier molecular flexibility index (Phi) is 7.94. The molecule has 2 aromatic carbocycles. The van der Waals surface area contributed by atoms with Crippen molar-refractivity contribution in [3.05, 3.63) is 99.5 Å². The quantitative estimate of drug-likeness (QED) is 0.254. The zero-order chi connectivity index (χ0) is 34.7. The Hall–Kier alpha value is -5.72. The number of esters is 5. The number of benzene rings is 2. The molecule has 0 radical (unpaired) electrons. The standard InChI is InChI=1S/C35H32N2O11/c1-17(38)35(34(43)48-6)24(31(40)45-3)28(33(42)47-5)37-26-22(20-13-9-10-14-21(20)29(35)37)25-19-12-8-7-11-18(19)15-16-36(25)27(32(41)46-4)23(26)30(39)44-2/h7-16,22,25-26,29H,1-6H3/t22-,25+,26-,29-,35+/m1/s1. The van der Waals surface area contributed by atoms with Crippen LogP contribution in [0.3, 0.4) is 0 Å². The molecule has 13 nitrogen and oxygen atoms in total. The number of hydrogen-bond donors (Lipinski definition) is 0. The number of ketones is 1. The summed E-state index contributed by atoms with van der Waals surface area (Å²) < 4.78 is 26.0. The third kappa shape index (κ3) is 4.09. The van der Waals surface area contributed by atoms with Gasteiger partial charge in [0.15, 0.2) is 11.2 Å². The minimum Gasteiger partial charge on any atom is -0.468 e. The Morgan fingerprint density at radius 1 is 0.646 bits per heavy atom. The SMILES string of the molecule is COC(=O)C1=C(C(=O)OC)N2C=Cc3ccccc3[C@H]2[C@H]2c3ccccc3[C@H]3N(C(C(=O)OC)=C(C(=O)OC)[C@]3(C(C)=O)C(=O)OC)[C@@H]12. The molecule has 6 rings (SSSR count). The number of ether oxygens (including phenoxy) is 5. The van der Waals surface area contributed by atoms with Crippen LogP contribution in [-0.2, 0) is 52.5 Å². The second-order valence-electron chi connectivity index (χ2n) is 11.5. The number of nitrogens with zero attached hydrogens (tertiary/aromatic N) is 2. The second-order valence-corrected chi connectivity index (χ2v) is 11.5. The van der Waals surface area contributed by atoms with Crippen molar-refractivity contribution >= 4 is 41.7 Å². The van der Waals surface area contributed by atoms with E-state index >= 15 is 0 Å². The van der Waals surface area contributed by atoms with Crippen LogP contribution in [0.2, 0.25) is 0 Å². The van der Waals surface area contributed by atoms with Gasteiger partial charge in [0.1, 0.15) is 11.4 Å². The number of carbonyl (C=O) groups is 6. The van der Waals surface area contributed by atoms with Gasteiger partial charge in [0.05, 0.1) is 64.8 Å². The van der Waals surface area contributed by atoms with Gasteiger partial charge in [-0.25, -0.2) is 19.2 Å². The molecule has 4 aliphatic heterocycles. The Labute approximate surface area is 275 Å². The Balaban J connectivity index is 1.86. The summed E-state index contributed by atoms with van der Waals surface area (Å²) in [6.45, 7) is 1.11. The van der Waals surface area contributed by atoms with E-state index in [4.69, 9.17) is 23.7 Å². The number of hydrogen-bond acceptors (Lipinski definition) is 13. The normalized spacial score (nSPS) is 24.7. The van der Waals surface area contributed by atoms with Gasteiger partial charge >= 0.3 is 29.8 Å². The van der Waals surface area contributed by atoms with Gasteiger partial charge in [-0.1, -0.05) is 48.5 Å². The highest BCUT2D eigenvalue weighted by atomic mass is 16.5. The van der Waals surface area contributed by atoms with E-state index in [-0.39, 0.29) is 11.3 Å². The first-order chi connectivity index (χ1) is 23.1. The first-order valence-corrected chi connectivity index (χ1v) is 14.9. The van der Waals surface area contributed by atoms with Gasteiger partial charge in [-0.05, 0) is 35.3 Å². The maximum Gasteiger partial charge on any atom is 0.355 e. The van der Waals surface area contributed by atoms with Gasteiger partial charge < -0.3 is 33.5 Å². The number of carbonyl (C=O) groups excluding carboxylic acids is 6. The number of rotatable bonds is 6. The highest BCUT2D eigenvalue weighted by Crippen LogP contribution is 2.64. The topological polar surface area (TPSA) is 155 Å². The van der Waals surface area contributed by atoms with Gasteiger partial charge in [0.25, 0.3) is 0 Å². The lowest BCUT2D eigenvalue weighted by atomic mass is 9.63. The highest BCUT2D eigenvalue weighted by Gasteiger charge is 2.71. The molecule has 0 unspecified atom stereocenters. The van der Waals surface area contributed by atoms with Crippen LogP contribution in [0.25, 0.3) is 6.08 Å². The summed E-state index contributed by atoms with van der Waals surface area (Å²) in [4.78, 5) is 86.7. The van der Waals surface area contributed by atoms with Crippen LogP contribution < -0.4 is 0 Å². The third-order valence-corrected chi connectivity index (χ3v) is 9.66. The minimum absolute atomic E-state index is 0.193. The second kappa shape index (κ2) is 11.8. The molecule has 0 saturated carbocycles. The molecule has 0 saturated heterocycles. The van der Waals surface area contributed by atoms with E-state index in [1.807, 2.05) is 24.3 Å². The lowest BCUT2D eigenvalue weighted by molar-refractivity contribution is -0.161. The van der Waals surface area contributed by atoms with Crippen molar-refractivity contribution in [3.8, 4) is 0 Å². The molecule has 2 aromatic rings. The van der Waals surface area contributed by atoms with Crippen LogP contribution in [-0.4, -0.2) is 87.0 Å². The van der Waals surface area contributed by atoms with E-state index in [1.165, 1.54) is 4.90 Å². The fraction of sp³-hybridized carbons (Fsp3) is 0.314. The summed E-state index contributed by atoms with van der Waals surface area (Å²) in [7, 11) is 5.46. The average molecular weight is 657 g/mol. The van der Waals surface area contributed by atoms with E-state index in [0.29, 0.717) is 11.1 Å². The first kappa shape index (κ1) is 32.2. The van der Waals surface area contributed by atoms with Crippen LogP contribution in [0, 0.1) is 5.41 Å². The highest BCUT2D eigenvalue weighted by molar-refractivity contribution is 6.18. The molecule has 0 aromatic heterocycles. The van der Waals surface area contributed by atoms with Crippen LogP contribution in [0.15, 0.2) is 77.3 Å². The summed E-state index contributed by atoms with van der Waals surface area (Å²) in [6.07, 6.45) is 3.47. The number of fused-ring (bicyclic) bond motifs is 10. The summed E-state index contributed by atoms with van der Waals surface area (Å²) in [5.41, 5.74) is -1.43. The molecule has 4 aliphatic rings. The maximum absolute atomic E-state index is 14.1. The number of methoxy groups -OCH3 is 5. The van der Waals surface area contributed by atoms with Crippen molar-refractivity contribution in [1.82, 2.24) is 9.80 Å². The van der Waals surface area contributed by atoms with Gasteiger partial charge in [-0.3, -0.25) is 9.59 Å². The monoisotopic (exact) mass is 656 g/mol. The van der Waals surface area contributed by atoms with Crippen molar-refractivity contribution in [3.63, 3.8) is 0 Å². The van der Waals surface area contributed by atoms with Crippen molar-refractivity contribution in [2.45, 2.75) is 31.0 Å². The summed E-state index contributed by atoms with van der Waals surface area (Å²) >= 11 is 0. The van der Waals surface area contributed by atoms with E-state index in [1.54, 1.807) is 41.4 Å². The smallest absolute Gasteiger partial charge is 0.355 e. The van der Waals surface area contributed by atoms with Crippen molar-refractivity contribution < 1.29 is 52.5 Å². The lowest BCUT2D eigenvalue weighted by Crippen LogP contribution is -2.59. The van der Waals surface area contributed by atoms with Crippen molar-refractivity contribution in [1.29, 1.82) is 0 Å². The molecule has 13 heteroatoms. The van der Waals surface area contributed by atoms with E-state index < -0.39 is 76.4 Å². The molecule has 248 valence electrons. The van der Waals surface area contributed by atoms with Gasteiger partial charge in [-0.2, -0.15) is 0 Å². The largest absolute Gasteiger partial charge is 0.468 e. The van der Waals surface area contributed by atoms with Crippen LogP contribution in [0.5, 0.6) is 0 Å². The first-order valence-electron chi connectivity index (χ1n) is 14.9. The summed E-state index contributed by atoms with van der Waals surface area (Å²) in [5, 5.41) is 0. The molecule has 0 spiro atoms. The van der Waals surface area contributed by atoms with Crippen LogP contribution in [0.4, 0.5) is 0 Å². The lowest BCUT2D eigenvalue weighted by Gasteiger charge is -2.56. The molecule has 0 aliphatic carbocycles. The van der Waals surface area contributed by atoms with Crippen molar-refractivity contribution in [2.75, 3.05) is 35.5 Å². The Morgan fingerprint density at radius 2 is 1.21 bits per heavy atom. The zero-order valence-corrected chi connectivity index (χ0v) is 27.0. The van der Waals surface area contributed by atoms with Gasteiger partial charge in [0.2, 0.25) is 0 Å². The van der Waals surface area contributed by atoms with E-state index in [0.717, 1.165) is 53.6 Å². The zero-order valence-electron chi connectivity index (χ0n) is 27.0. The molecule has 0 fully saturated rings. The van der Waals surface area contributed by atoms with E-state index in [9.17, 15) is 28.8 Å². The Morgan fingerprint density at radius 3 is 1.79 bits per heavy atom. The molecular formula is C35H32N2O11. The predicted octanol–water partition coefficient (Wildman–Crippen LogP) is 2.50. The molecule has 0 N–H and O–H groups in total. The molecule has 48 heavy (non-hydrogen) atoms. The van der Waals surface area contributed by atoms with Gasteiger partial charge in [0, 0.05) is 12.1 Å². The van der Waals surface area contributed by atoms with E-state index in [2.05, 4.69) is 0 Å². The van der Waals surface area contributed by atoms with Crippen LogP contribution in [0.1, 0.15) is 47.2 Å². The Bertz CT molecular complexity index is 1890. The summed E-state index contributed by atoms with van der Waals surface area (Å²) in [6, 6.07) is 11.0. The molecular weight excluding hydrogens is 624 g/mol. The molecule has 4 heterocycles.